The van der Waals surface area contributed by atoms with Gasteiger partial charge in [0, 0.05) is 18.8 Å². The molecule has 5 heteroatoms. The Morgan fingerprint density at radius 2 is 1.86 bits per heavy atom. The Morgan fingerprint density at radius 3 is 2.45 bits per heavy atom. The number of benzene rings is 1. The number of nitrogens with one attached hydrogen (secondary N) is 1. The molecule has 120 valence electrons. The standard InChI is InChI=1S/C17H25N3O2/c1-12-5-6-15(13(2)11-12)18-16(21)17(22)20(4)14-7-9-19(3)10-8-14/h5-6,11,14H,7-10H2,1-4H3,(H,18,21). The fourth-order valence-electron chi connectivity index (χ4n) is 2.84. The molecule has 1 N–H and O–H groups in total. The van der Waals surface area contributed by atoms with Gasteiger partial charge >= 0.3 is 11.8 Å². The lowest BCUT2D eigenvalue weighted by Gasteiger charge is -2.34. The van der Waals surface area contributed by atoms with Crippen LogP contribution in [0.2, 0.25) is 0 Å². The first-order valence-corrected chi connectivity index (χ1v) is 7.72. The molecule has 0 bridgehead atoms. The van der Waals surface area contributed by atoms with Gasteiger partial charge in [0.05, 0.1) is 0 Å². The van der Waals surface area contributed by atoms with Crippen LogP contribution in [-0.4, -0.2) is 54.8 Å². The van der Waals surface area contributed by atoms with Crippen molar-refractivity contribution < 1.29 is 9.59 Å². The maximum atomic E-state index is 12.3. The Morgan fingerprint density at radius 1 is 1.23 bits per heavy atom. The normalized spacial score (nSPS) is 16.4. The Kier molecular flexibility index (Phi) is 5.19. The predicted molar refractivity (Wildman–Crippen MR) is 87.8 cm³/mol. The number of hydrogen-bond acceptors (Lipinski definition) is 3. The molecule has 0 aliphatic carbocycles. The Bertz CT molecular complexity index is 563. The molecule has 1 fully saturated rings. The minimum atomic E-state index is -0.562. The van der Waals surface area contributed by atoms with E-state index in [-0.39, 0.29) is 6.04 Å². The summed E-state index contributed by atoms with van der Waals surface area (Å²) in [4.78, 5) is 28.3. The van der Waals surface area contributed by atoms with E-state index >= 15 is 0 Å². The van der Waals surface area contributed by atoms with Crippen molar-refractivity contribution in [1.29, 1.82) is 0 Å². The quantitative estimate of drug-likeness (QED) is 0.848. The predicted octanol–water partition coefficient (Wildman–Crippen LogP) is 1.79. The lowest BCUT2D eigenvalue weighted by atomic mass is 10.0. The number of likely N-dealkylation sites (tertiary alicyclic amines) is 1. The molecule has 1 aromatic rings. The van der Waals surface area contributed by atoms with Gasteiger partial charge in [0.1, 0.15) is 0 Å². The van der Waals surface area contributed by atoms with E-state index in [0.29, 0.717) is 5.69 Å². The molecule has 5 nitrogen and oxygen atoms in total. The van der Waals surface area contributed by atoms with Crippen LogP contribution >= 0.6 is 0 Å². The minimum absolute atomic E-state index is 0.147. The second-order valence-corrected chi connectivity index (χ2v) is 6.22. The van der Waals surface area contributed by atoms with E-state index in [2.05, 4.69) is 17.3 Å². The highest BCUT2D eigenvalue weighted by atomic mass is 16.2. The zero-order valence-corrected chi connectivity index (χ0v) is 13.8. The number of carbonyl (C=O) groups excluding carboxylic acids is 2. The van der Waals surface area contributed by atoms with Crippen molar-refractivity contribution in [3.05, 3.63) is 29.3 Å². The maximum Gasteiger partial charge on any atom is 0.313 e. The van der Waals surface area contributed by atoms with Crippen molar-refractivity contribution >= 4 is 17.5 Å². The van der Waals surface area contributed by atoms with Gasteiger partial charge in [-0.3, -0.25) is 9.59 Å². The molecule has 1 aliphatic heterocycles. The van der Waals surface area contributed by atoms with Gasteiger partial charge in [0.15, 0.2) is 0 Å². The van der Waals surface area contributed by atoms with E-state index in [1.165, 1.54) is 0 Å². The fourth-order valence-corrected chi connectivity index (χ4v) is 2.84. The maximum absolute atomic E-state index is 12.3. The summed E-state index contributed by atoms with van der Waals surface area (Å²) in [6.45, 7) is 5.84. The summed E-state index contributed by atoms with van der Waals surface area (Å²) in [5.74, 6) is -1.03. The van der Waals surface area contributed by atoms with Crippen LogP contribution in [0.3, 0.4) is 0 Å². The molecule has 1 aromatic carbocycles. The third kappa shape index (κ3) is 3.85. The second-order valence-electron chi connectivity index (χ2n) is 6.22. The summed E-state index contributed by atoms with van der Waals surface area (Å²) >= 11 is 0. The van der Waals surface area contributed by atoms with E-state index in [4.69, 9.17) is 0 Å². The molecule has 0 radical (unpaired) electrons. The summed E-state index contributed by atoms with van der Waals surface area (Å²) in [5.41, 5.74) is 2.79. The highest BCUT2D eigenvalue weighted by molar-refractivity contribution is 6.39. The summed E-state index contributed by atoms with van der Waals surface area (Å²) in [6, 6.07) is 5.90. The van der Waals surface area contributed by atoms with E-state index in [1.54, 1.807) is 11.9 Å². The molecule has 1 aliphatic rings. The number of likely N-dealkylation sites (N-methyl/N-ethyl adjacent to an activating group) is 1. The molecule has 0 spiro atoms. The monoisotopic (exact) mass is 303 g/mol. The molecule has 2 amide bonds. The van der Waals surface area contributed by atoms with Crippen molar-refractivity contribution in [2.75, 3.05) is 32.5 Å². The van der Waals surface area contributed by atoms with Gasteiger partial charge in [-0.1, -0.05) is 17.7 Å². The van der Waals surface area contributed by atoms with Crippen molar-refractivity contribution in [3.8, 4) is 0 Å². The van der Waals surface area contributed by atoms with E-state index in [9.17, 15) is 9.59 Å². The highest BCUT2D eigenvalue weighted by Gasteiger charge is 2.28. The first kappa shape index (κ1) is 16.5. The Hall–Kier alpha value is -1.88. The van der Waals surface area contributed by atoms with Crippen LogP contribution in [0.25, 0.3) is 0 Å². The summed E-state index contributed by atoms with van der Waals surface area (Å²) in [7, 11) is 3.80. The van der Waals surface area contributed by atoms with Crippen LogP contribution in [0.5, 0.6) is 0 Å². The molecular formula is C17H25N3O2. The highest BCUT2D eigenvalue weighted by Crippen LogP contribution is 2.17. The van der Waals surface area contributed by atoms with Gasteiger partial charge in [0.2, 0.25) is 0 Å². The zero-order valence-electron chi connectivity index (χ0n) is 13.8. The van der Waals surface area contributed by atoms with Gasteiger partial charge in [-0.05, 0) is 58.5 Å². The molecule has 1 heterocycles. The summed E-state index contributed by atoms with van der Waals surface area (Å²) < 4.78 is 0. The number of aryl methyl sites for hydroxylation is 2. The van der Waals surface area contributed by atoms with Crippen LogP contribution < -0.4 is 5.32 Å². The van der Waals surface area contributed by atoms with Gasteiger partial charge in [-0.2, -0.15) is 0 Å². The topological polar surface area (TPSA) is 52.7 Å². The number of nitrogens with zero attached hydrogens (tertiary/aromatic N) is 2. The molecule has 0 unspecified atom stereocenters. The molecule has 22 heavy (non-hydrogen) atoms. The Balaban J connectivity index is 1.98. The van der Waals surface area contributed by atoms with E-state index in [1.807, 2.05) is 32.0 Å². The molecule has 0 atom stereocenters. The zero-order chi connectivity index (χ0) is 16.3. The number of anilines is 1. The van der Waals surface area contributed by atoms with Crippen LogP contribution in [0.15, 0.2) is 18.2 Å². The SMILES string of the molecule is Cc1ccc(NC(=O)C(=O)N(C)C2CCN(C)CC2)c(C)c1. The van der Waals surface area contributed by atoms with Crippen LogP contribution in [0.4, 0.5) is 5.69 Å². The fraction of sp³-hybridized carbons (Fsp3) is 0.529. The molecule has 1 saturated heterocycles. The molecule has 2 rings (SSSR count). The minimum Gasteiger partial charge on any atom is -0.334 e. The number of carbonyl (C=O) groups is 2. The van der Waals surface area contributed by atoms with Gasteiger partial charge in [-0.15, -0.1) is 0 Å². The number of rotatable bonds is 2. The number of piperidine rings is 1. The van der Waals surface area contributed by atoms with Crippen molar-refractivity contribution in [2.45, 2.75) is 32.7 Å². The van der Waals surface area contributed by atoms with Crippen LogP contribution in [-0.2, 0) is 9.59 Å². The molecular weight excluding hydrogens is 278 g/mol. The average molecular weight is 303 g/mol. The first-order valence-electron chi connectivity index (χ1n) is 7.72. The number of hydrogen-bond donors (Lipinski definition) is 1. The first-order chi connectivity index (χ1) is 10.4. The molecule has 0 aromatic heterocycles. The lowest BCUT2D eigenvalue weighted by molar-refractivity contribution is -0.144. The van der Waals surface area contributed by atoms with Crippen molar-refractivity contribution in [3.63, 3.8) is 0 Å². The van der Waals surface area contributed by atoms with Gasteiger partial charge in [0.25, 0.3) is 0 Å². The average Bonchev–Trinajstić information content (AvgIpc) is 2.49. The van der Waals surface area contributed by atoms with Crippen molar-refractivity contribution in [1.82, 2.24) is 9.80 Å². The van der Waals surface area contributed by atoms with Gasteiger partial charge in [-0.25, -0.2) is 0 Å². The summed E-state index contributed by atoms with van der Waals surface area (Å²) in [6.07, 6.45) is 1.82. The third-order valence-electron chi connectivity index (χ3n) is 4.38. The van der Waals surface area contributed by atoms with Gasteiger partial charge < -0.3 is 15.1 Å². The third-order valence-corrected chi connectivity index (χ3v) is 4.38. The van der Waals surface area contributed by atoms with E-state index in [0.717, 1.165) is 37.1 Å². The number of amides is 2. The largest absolute Gasteiger partial charge is 0.334 e. The lowest BCUT2D eigenvalue weighted by Crippen LogP contribution is -2.47. The Labute approximate surface area is 132 Å². The molecule has 0 saturated carbocycles. The van der Waals surface area contributed by atoms with Crippen LogP contribution in [0, 0.1) is 13.8 Å². The smallest absolute Gasteiger partial charge is 0.313 e. The summed E-state index contributed by atoms with van der Waals surface area (Å²) in [5, 5.41) is 2.73. The second kappa shape index (κ2) is 6.92. The van der Waals surface area contributed by atoms with Crippen molar-refractivity contribution in [2.24, 2.45) is 0 Å². The van der Waals surface area contributed by atoms with E-state index < -0.39 is 11.8 Å². The van der Waals surface area contributed by atoms with Crippen LogP contribution in [0.1, 0.15) is 24.0 Å².